The topological polar surface area (TPSA) is 78.5 Å². The second-order valence-electron chi connectivity index (χ2n) is 7.00. The van der Waals surface area contributed by atoms with Crippen LogP contribution in [0.5, 0.6) is 0 Å². The number of benzene rings is 2. The Morgan fingerprint density at radius 1 is 1.15 bits per heavy atom. The van der Waals surface area contributed by atoms with E-state index in [0.29, 0.717) is 12.1 Å². The summed E-state index contributed by atoms with van der Waals surface area (Å²) in [7, 11) is -3.72. The van der Waals surface area contributed by atoms with Crippen LogP contribution in [0.4, 0.5) is 5.69 Å². The summed E-state index contributed by atoms with van der Waals surface area (Å²) >= 11 is 0. The van der Waals surface area contributed by atoms with E-state index in [2.05, 4.69) is 10.6 Å². The third-order valence-electron chi connectivity index (χ3n) is 5.15. The highest BCUT2D eigenvalue weighted by atomic mass is 32.2. The van der Waals surface area contributed by atoms with Gasteiger partial charge >= 0.3 is 0 Å². The number of para-hydroxylation sites is 1. The number of carbonyl (C=O) groups is 1. The molecule has 0 spiro atoms. The van der Waals surface area contributed by atoms with E-state index >= 15 is 0 Å². The van der Waals surface area contributed by atoms with Crippen molar-refractivity contribution in [3.63, 3.8) is 0 Å². The third-order valence-corrected chi connectivity index (χ3v) is 6.96. The maximum absolute atomic E-state index is 13.3. The number of aryl methyl sites for hydroxylation is 1. The Morgan fingerprint density at radius 3 is 2.81 bits per heavy atom. The fourth-order valence-corrected chi connectivity index (χ4v) is 5.31. The van der Waals surface area contributed by atoms with Gasteiger partial charge in [0.05, 0.1) is 10.6 Å². The average Bonchev–Trinajstić information content (AvgIpc) is 3.20. The number of nitrogens with zero attached hydrogens (tertiary/aromatic N) is 1. The minimum atomic E-state index is -3.72. The standard InChI is InChI=1S/C20H23N3O3S/c24-20(22-17-10-11-21-14-17)16-6-3-8-18(13-16)27(25,26)23-12-4-7-15-5-1-2-9-19(15)23/h1-3,5-6,8-9,13,17,21H,4,7,10-12,14H2,(H,22,24). The molecule has 2 heterocycles. The van der Waals surface area contributed by atoms with Gasteiger partial charge in [0.15, 0.2) is 0 Å². The van der Waals surface area contributed by atoms with Gasteiger partial charge in [-0.3, -0.25) is 9.10 Å². The van der Waals surface area contributed by atoms with Gasteiger partial charge in [0, 0.05) is 24.7 Å². The van der Waals surface area contributed by atoms with Crippen LogP contribution in [0.25, 0.3) is 0 Å². The van der Waals surface area contributed by atoms with Crippen LogP contribution in [0.2, 0.25) is 0 Å². The Labute approximate surface area is 159 Å². The van der Waals surface area contributed by atoms with Gasteiger partial charge in [-0.25, -0.2) is 8.42 Å². The quantitative estimate of drug-likeness (QED) is 0.843. The number of sulfonamides is 1. The van der Waals surface area contributed by atoms with Crippen LogP contribution < -0.4 is 14.9 Å². The van der Waals surface area contributed by atoms with Crippen molar-refractivity contribution < 1.29 is 13.2 Å². The first-order valence-corrected chi connectivity index (χ1v) is 10.7. The molecule has 27 heavy (non-hydrogen) atoms. The van der Waals surface area contributed by atoms with Crippen molar-refractivity contribution in [1.29, 1.82) is 0 Å². The fourth-order valence-electron chi connectivity index (χ4n) is 3.72. The molecule has 7 heteroatoms. The van der Waals surface area contributed by atoms with E-state index in [4.69, 9.17) is 0 Å². The molecule has 2 N–H and O–H groups in total. The molecule has 1 fully saturated rings. The number of amides is 1. The predicted molar refractivity (Wildman–Crippen MR) is 104 cm³/mol. The zero-order chi connectivity index (χ0) is 18.9. The normalized spacial score (nSPS) is 19.6. The molecule has 1 amide bonds. The van der Waals surface area contributed by atoms with E-state index < -0.39 is 10.0 Å². The number of fused-ring (bicyclic) bond motifs is 1. The summed E-state index contributed by atoms with van der Waals surface area (Å²) in [6.07, 6.45) is 2.54. The van der Waals surface area contributed by atoms with Gasteiger partial charge in [0.1, 0.15) is 0 Å². The molecule has 4 rings (SSSR count). The number of hydrogen-bond donors (Lipinski definition) is 2. The zero-order valence-corrected chi connectivity index (χ0v) is 15.8. The van der Waals surface area contributed by atoms with Crippen molar-refractivity contribution in [3.8, 4) is 0 Å². The maximum Gasteiger partial charge on any atom is 0.264 e. The van der Waals surface area contributed by atoms with E-state index in [-0.39, 0.29) is 16.8 Å². The van der Waals surface area contributed by atoms with Crippen molar-refractivity contribution in [2.45, 2.75) is 30.2 Å². The fraction of sp³-hybridized carbons (Fsp3) is 0.350. The van der Waals surface area contributed by atoms with Crippen LogP contribution in [-0.4, -0.2) is 40.0 Å². The molecule has 0 radical (unpaired) electrons. The lowest BCUT2D eigenvalue weighted by Crippen LogP contribution is -2.37. The SMILES string of the molecule is O=C(NC1CCNC1)c1cccc(S(=O)(=O)N2CCCc3ccccc32)c1. The van der Waals surface area contributed by atoms with Gasteiger partial charge in [-0.05, 0) is 55.6 Å². The highest BCUT2D eigenvalue weighted by Crippen LogP contribution is 2.31. The number of anilines is 1. The molecule has 2 aromatic carbocycles. The van der Waals surface area contributed by atoms with E-state index in [1.807, 2.05) is 24.3 Å². The summed E-state index contributed by atoms with van der Waals surface area (Å²) in [4.78, 5) is 12.7. The van der Waals surface area contributed by atoms with Crippen molar-refractivity contribution >= 4 is 21.6 Å². The maximum atomic E-state index is 13.3. The zero-order valence-electron chi connectivity index (χ0n) is 15.0. The summed E-state index contributed by atoms with van der Waals surface area (Å²) in [6, 6.07) is 14.0. The average molecular weight is 385 g/mol. The third kappa shape index (κ3) is 3.57. The van der Waals surface area contributed by atoms with Crippen LogP contribution in [0.3, 0.4) is 0 Å². The van der Waals surface area contributed by atoms with Gasteiger partial charge in [0.25, 0.3) is 15.9 Å². The molecule has 1 atom stereocenters. The summed E-state index contributed by atoms with van der Waals surface area (Å²) in [6.45, 7) is 2.07. The molecule has 0 aromatic heterocycles. The number of hydrogen-bond acceptors (Lipinski definition) is 4. The molecule has 2 aromatic rings. The monoisotopic (exact) mass is 385 g/mol. The first-order chi connectivity index (χ1) is 13.1. The Morgan fingerprint density at radius 2 is 2.00 bits per heavy atom. The lowest BCUT2D eigenvalue weighted by Gasteiger charge is -2.30. The van der Waals surface area contributed by atoms with E-state index in [9.17, 15) is 13.2 Å². The minimum Gasteiger partial charge on any atom is -0.348 e. The number of rotatable bonds is 4. The van der Waals surface area contributed by atoms with Crippen molar-refractivity contribution in [3.05, 3.63) is 59.7 Å². The molecule has 0 saturated carbocycles. The summed E-state index contributed by atoms with van der Waals surface area (Å²) in [5.41, 5.74) is 2.14. The molecular formula is C20H23N3O3S. The molecule has 1 unspecified atom stereocenters. The lowest BCUT2D eigenvalue weighted by atomic mass is 10.0. The predicted octanol–water partition coefficient (Wildman–Crippen LogP) is 1.92. The lowest BCUT2D eigenvalue weighted by molar-refractivity contribution is 0.0940. The van der Waals surface area contributed by atoms with Crippen LogP contribution in [-0.2, 0) is 16.4 Å². The van der Waals surface area contributed by atoms with Crippen LogP contribution in [0.15, 0.2) is 53.4 Å². The van der Waals surface area contributed by atoms with Crippen LogP contribution >= 0.6 is 0 Å². The van der Waals surface area contributed by atoms with Gasteiger partial charge in [-0.2, -0.15) is 0 Å². The Kier molecular flexibility index (Phi) is 4.88. The number of nitrogens with one attached hydrogen (secondary N) is 2. The molecule has 142 valence electrons. The first-order valence-electron chi connectivity index (χ1n) is 9.28. The molecular weight excluding hydrogens is 362 g/mol. The van der Waals surface area contributed by atoms with Crippen LogP contribution in [0.1, 0.15) is 28.8 Å². The molecule has 2 aliphatic rings. The van der Waals surface area contributed by atoms with E-state index in [1.165, 1.54) is 10.4 Å². The van der Waals surface area contributed by atoms with Gasteiger partial charge < -0.3 is 10.6 Å². The Bertz CT molecular complexity index is 952. The van der Waals surface area contributed by atoms with E-state index in [1.54, 1.807) is 18.2 Å². The molecule has 0 aliphatic carbocycles. The number of carbonyl (C=O) groups excluding carboxylic acids is 1. The van der Waals surface area contributed by atoms with Gasteiger partial charge in [0.2, 0.25) is 0 Å². The first kappa shape index (κ1) is 18.0. The smallest absolute Gasteiger partial charge is 0.264 e. The Balaban J connectivity index is 1.62. The highest BCUT2D eigenvalue weighted by Gasteiger charge is 2.29. The van der Waals surface area contributed by atoms with Crippen molar-refractivity contribution in [2.75, 3.05) is 23.9 Å². The summed E-state index contributed by atoms with van der Waals surface area (Å²) < 4.78 is 28.0. The summed E-state index contributed by atoms with van der Waals surface area (Å²) in [5, 5.41) is 6.16. The molecule has 0 bridgehead atoms. The van der Waals surface area contributed by atoms with Crippen molar-refractivity contribution in [2.24, 2.45) is 0 Å². The molecule has 2 aliphatic heterocycles. The second kappa shape index (κ2) is 7.32. The largest absolute Gasteiger partial charge is 0.348 e. The molecule has 1 saturated heterocycles. The van der Waals surface area contributed by atoms with Gasteiger partial charge in [-0.1, -0.05) is 24.3 Å². The Hall–Kier alpha value is -2.38. The summed E-state index contributed by atoms with van der Waals surface area (Å²) in [5.74, 6) is -0.236. The van der Waals surface area contributed by atoms with Gasteiger partial charge in [-0.15, -0.1) is 0 Å². The molecule has 6 nitrogen and oxygen atoms in total. The van der Waals surface area contributed by atoms with Crippen molar-refractivity contribution in [1.82, 2.24) is 10.6 Å². The second-order valence-corrected chi connectivity index (χ2v) is 8.86. The van der Waals surface area contributed by atoms with E-state index in [0.717, 1.165) is 43.6 Å². The minimum absolute atomic E-state index is 0.0896. The van der Waals surface area contributed by atoms with Crippen LogP contribution in [0, 0.1) is 0 Å². The highest BCUT2D eigenvalue weighted by molar-refractivity contribution is 7.92.